The summed E-state index contributed by atoms with van der Waals surface area (Å²) >= 11 is 1.38. The van der Waals surface area contributed by atoms with Gasteiger partial charge in [0, 0.05) is 5.25 Å². The molecule has 0 N–H and O–H groups in total. The molecule has 0 heterocycles. The largest absolute Gasteiger partial charge is 0.422 e. The monoisotopic (exact) mass is 287 g/mol. The van der Waals surface area contributed by atoms with Crippen molar-refractivity contribution in [3.63, 3.8) is 0 Å². The van der Waals surface area contributed by atoms with E-state index in [-0.39, 0.29) is 5.60 Å². The molecule has 18 heavy (non-hydrogen) atoms. The Labute approximate surface area is 120 Å². The van der Waals surface area contributed by atoms with E-state index in [0.29, 0.717) is 5.25 Å². The molecule has 0 amide bonds. The summed E-state index contributed by atoms with van der Waals surface area (Å²) in [7, 11) is 0.741. The lowest BCUT2D eigenvalue weighted by molar-refractivity contribution is 0.116. The molecule has 4 heteroatoms. The van der Waals surface area contributed by atoms with Crippen LogP contribution in [-0.4, -0.2) is 21.3 Å². The standard InChI is InChI=1S/C14H29NOSSi/c1-4-5-6-7-8-9-10-11-13(17-12-15)14(2,3)16-18/h13H,4-11H2,1-3,18H3. The van der Waals surface area contributed by atoms with Gasteiger partial charge in [0.2, 0.25) is 0 Å². The highest BCUT2D eigenvalue weighted by molar-refractivity contribution is 8.04. The maximum atomic E-state index is 8.86. The molecule has 1 atom stereocenters. The number of nitrogens with zero attached hydrogens (tertiary/aromatic N) is 1. The molecule has 0 aliphatic heterocycles. The lowest BCUT2D eigenvalue weighted by Gasteiger charge is -2.31. The van der Waals surface area contributed by atoms with Crippen LogP contribution in [0.3, 0.4) is 0 Å². The Morgan fingerprint density at radius 1 is 1.17 bits per heavy atom. The van der Waals surface area contributed by atoms with Gasteiger partial charge in [-0.2, -0.15) is 5.26 Å². The van der Waals surface area contributed by atoms with Gasteiger partial charge in [-0.1, -0.05) is 51.9 Å². The van der Waals surface area contributed by atoms with Crippen molar-refractivity contribution in [1.29, 1.82) is 5.26 Å². The summed E-state index contributed by atoms with van der Waals surface area (Å²) in [5, 5.41) is 11.4. The van der Waals surface area contributed by atoms with Crippen molar-refractivity contribution < 1.29 is 4.43 Å². The smallest absolute Gasteiger partial charge is 0.146 e. The molecule has 0 spiro atoms. The van der Waals surface area contributed by atoms with Crippen molar-refractivity contribution in [2.75, 3.05) is 0 Å². The normalized spacial score (nSPS) is 13.4. The van der Waals surface area contributed by atoms with Gasteiger partial charge in [0.15, 0.2) is 0 Å². The van der Waals surface area contributed by atoms with E-state index in [1.165, 1.54) is 56.7 Å². The van der Waals surface area contributed by atoms with Gasteiger partial charge in [0.05, 0.1) is 5.60 Å². The van der Waals surface area contributed by atoms with Crippen LogP contribution in [0.1, 0.15) is 72.1 Å². The Morgan fingerprint density at radius 2 is 1.72 bits per heavy atom. The Balaban J connectivity index is 3.75. The molecule has 0 aliphatic carbocycles. The number of thioether (sulfide) groups is 1. The molecule has 0 bridgehead atoms. The van der Waals surface area contributed by atoms with Crippen LogP contribution in [-0.2, 0) is 4.43 Å². The van der Waals surface area contributed by atoms with E-state index in [9.17, 15) is 0 Å². The Morgan fingerprint density at radius 3 is 2.22 bits per heavy atom. The highest BCUT2D eigenvalue weighted by atomic mass is 32.2. The van der Waals surface area contributed by atoms with E-state index in [0.717, 1.165) is 16.9 Å². The summed E-state index contributed by atoms with van der Waals surface area (Å²) < 4.78 is 5.63. The van der Waals surface area contributed by atoms with Crippen LogP contribution in [0.15, 0.2) is 0 Å². The first-order valence-electron chi connectivity index (χ1n) is 7.18. The average Bonchev–Trinajstić information content (AvgIpc) is 2.36. The van der Waals surface area contributed by atoms with E-state index in [2.05, 4.69) is 26.2 Å². The van der Waals surface area contributed by atoms with E-state index >= 15 is 0 Å². The van der Waals surface area contributed by atoms with E-state index in [1.807, 2.05) is 0 Å². The minimum absolute atomic E-state index is 0.144. The summed E-state index contributed by atoms with van der Waals surface area (Å²) in [4.78, 5) is 0. The van der Waals surface area contributed by atoms with E-state index in [4.69, 9.17) is 9.69 Å². The molecule has 0 aromatic carbocycles. The van der Waals surface area contributed by atoms with Gasteiger partial charge in [0.25, 0.3) is 0 Å². The summed E-state index contributed by atoms with van der Waals surface area (Å²) in [5.41, 5.74) is -0.144. The van der Waals surface area contributed by atoms with Crippen LogP contribution in [0.25, 0.3) is 0 Å². The van der Waals surface area contributed by atoms with Crippen molar-refractivity contribution >= 4 is 22.2 Å². The fourth-order valence-electron chi connectivity index (χ4n) is 2.03. The topological polar surface area (TPSA) is 33.0 Å². The predicted octanol–water partition coefficient (Wildman–Crippen LogP) is 3.79. The zero-order valence-electron chi connectivity index (χ0n) is 12.5. The number of hydrogen-bond acceptors (Lipinski definition) is 3. The van der Waals surface area contributed by atoms with Crippen molar-refractivity contribution in [2.45, 2.75) is 83.0 Å². The first kappa shape index (κ1) is 18.0. The highest BCUT2D eigenvalue weighted by Gasteiger charge is 2.28. The molecular formula is C14H29NOSSi. The molecule has 0 aromatic heterocycles. The fraction of sp³-hybridized carbons (Fsp3) is 0.929. The number of hydrogen-bond donors (Lipinski definition) is 0. The molecule has 0 aromatic rings. The van der Waals surface area contributed by atoms with Crippen LogP contribution < -0.4 is 0 Å². The quantitative estimate of drug-likeness (QED) is 0.329. The van der Waals surface area contributed by atoms with E-state index in [1.54, 1.807) is 0 Å². The van der Waals surface area contributed by atoms with Crippen LogP contribution in [0.2, 0.25) is 0 Å². The summed E-state index contributed by atoms with van der Waals surface area (Å²) in [5.74, 6) is 0. The molecular weight excluding hydrogens is 258 g/mol. The first-order valence-corrected chi connectivity index (χ1v) is 8.88. The van der Waals surface area contributed by atoms with Gasteiger partial charge < -0.3 is 4.43 Å². The zero-order valence-corrected chi connectivity index (χ0v) is 15.3. The summed E-state index contributed by atoms with van der Waals surface area (Å²) in [6.45, 7) is 6.46. The van der Waals surface area contributed by atoms with Crippen LogP contribution in [0.5, 0.6) is 0 Å². The fourth-order valence-corrected chi connectivity index (χ4v) is 3.28. The third-order valence-corrected chi connectivity index (χ3v) is 5.81. The van der Waals surface area contributed by atoms with Gasteiger partial charge in [-0.15, -0.1) is 0 Å². The summed E-state index contributed by atoms with van der Waals surface area (Å²) in [6.07, 6.45) is 10.4. The Bertz CT molecular complexity index is 240. The molecule has 0 aliphatic rings. The lowest BCUT2D eigenvalue weighted by Crippen LogP contribution is -2.36. The van der Waals surface area contributed by atoms with Crippen LogP contribution >= 0.6 is 11.8 Å². The molecule has 0 rings (SSSR count). The van der Waals surface area contributed by atoms with Crippen molar-refractivity contribution in [3.05, 3.63) is 0 Å². The Kier molecular flexibility index (Phi) is 10.9. The minimum atomic E-state index is -0.144. The molecule has 1 unspecified atom stereocenters. The highest BCUT2D eigenvalue weighted by Crippen LogP contribution is 2.29. The molecule has 106 valence electrons. The van der Waals surface area contributed by atoms with Crippen molar-refractivity contribution in [1.82, 2.24) is 0 Å². The number of unbranched alkanes of at least 4 members (excludes halogenated alkanes) is 6. The predicted molar refractivity (Wildman–Crippen MR) is 84.7 cm³/mol. The van der Waals surface area contributed by atoms with Gasteiger partial charge >= 0.3 is 0 Å². The molecule has 0 saturated carbocycles. The second-order valence-corrected chi connectivity index (χ2v) is 6.81. The van der Waals surface area contributed by atoms with Crippen LogP contribution in [0, 0.1) is 10.7 Å². The third-order valence-electron chi connectivity index (χ3n) is 3.57. The molecule has 0 radical (unpaired) electrons. The van der Waals surface area contributed by atoms with Gasteiger partial charge in [-0.3, -0.25) is 0 Å². The first-order chi connectivity index (χ1) is 8.58. The van der Waals surface area contributed by atoms with Crippen molar-refractivity contribution in [3.8, 4) is 5.40 Å². The minimum Gasteiger partial charge on any atom is -0.422 e. The number of nitriles is 1. The van der Waals surface area contributed by atoms with Crippen LogP contribution in [0.4, 0.5) is 0 Å². The zero-order chi connectivity index (χ0) is 13.9. The summed E-state index contributed by atoms with van der Waals surface area (Å²) in [6, 6.07) is 0. The van der Waals surface area contributed by atoms with Gasteiger partial charge in [-0.25, -0.2) is 0 Å². The third kappa shape index (κ3) is 8.18. The number of thiocyanates is 1. The SMILES string of the molecule is CCCCCCCCCC(SC#N)C(C)(C)O[SiH3]. The van der Waals surface area contributed by atoms with Crippen molar-refractivity contribution in [2.24, 2.45) is 0 Å². The Hall–Kier alpha value is 0.0169. The van der Waals surface area contributed by atoms with Gasteiger partial charge in [-0.05, 0) is 32.0 Å². The lowest BCUT2D eigenvalue weighted by atomic mass is 9.98. The second-order valence-electron chi connectivity index (χ2n) is 5.42. The molecule has 2 nitrogen and oxygen atoms in total. The second kappa shape index (κ2) is 10.9. The van der Waals surface area contributed by atoms with Gasteiger partial charge in [0.1, 0.15) is 15.9 Å². The maximum Gasteiger partial charge on any atom is 0.146 e. The molecule has 0 saturated heterocycles. The molecule has 0 fully saturated rings. The average molecular weight is 288 g/mol. The maximum absolute atomic E-state index is 8.86. The number of rotatable bonds is 11. The van der Waals surface area contributed by atoms with E-state index < -0.39 is 0 Å².